The van der Waals surface area contributed by atoms with Crippen molar-refractivity contribution >= 4 is 27.6 Å². The summed E-state index contributed by atoms with van der Waals surface area (Å²) in [6, 6.07) is 27.6. The largest absolute Gasteiger partial charge is 0.497 e. The maximum absolute atomic E-state index is 13.7. The molecular formula is C35H39N5O5S. The highest BCUT2D eigenvalue weighted by molar-refractivity contribution is 7.16. The Bertz CT molecular complexity index is 1850. The molecule has 6 rings (SSSR count). The molecule has 0 bridgehead atoms. The standard InChI is InChI=1S/C35H39N5O5S/c1-5-27(41)28-20-26(21(2)36-3)32(45-28)40-30-29(46-34(40)43)31(42)38-33(37-30)39-35(22-12-8-6-9-13-22,23-14-10-7-11-15-23)24-16-18-25(44-4)19-17-24/h6-19,21,26-28,32,36,41H,5,20H2,1-4H3,(H2,37,38,39,42)/t21-,26+,27+,28+,32-/m1/s1. The second kappa shape index (κ2) is 13.2. The van der Waals surface area contributed by atoms with Crippen molar-refractivity contribution in [3.8, 4) is 5.75 Å². The van der Waals surface area contributed by atoms with Gasteiger partial charge in [0, 0.05) is 12.0 Å². The fraction of sp³-hybridized carbons (Fsp3) is 0.343. The summed E-state index contributed by atoms with van der Waals surface area (Å²) >= 11 is 0.845. The maximum atomic E-state index is 13.7. The average Bonchev–Trinajstić information content (AvgIpc) is 3.68. The number of H-pyrrole nitrogens is 1. The minimum Gasteiger partial charge on any atom is -0.497 e. The van der Waals surface area contributed by atoms with E-state index in [4.69, 9.17) is 14.5 Å². The number of ether oxygens (including phenoxy) is 2. The van der Waals surface area contributed by atoms with Gasteiger partial charge in [-0.1, -0.05) is 91.1 Å². The van der Waals surface area contributed by atoms with Gasteiger partial charge in [-0.25, -0.2) is 0 Å². The fourth-order valence-corrected chi connectivity index (χ4v) is 7.31. The topological polar surface area (TPSA) is 130 Å². The molecule has 0 aliphatic carbocycles. The molecule has 0 amide bonds. The molecule has 1 fully saturated rings. The van der Waals surface area contributed by atoms with E-state index in [0.717, 1.165) is 28.0 Å². The van der Waals surface area contributed by atoms with Crippen LogP contribution in [0.5, 0.6) is 5.75 Å². The van der Waals surface area contributed by atoms with Gasteiger partial charge in [-0.2, -0.15) is 4.98 Å². The third-order valence-corrected chi connectivity index (χ3v) is 10.0. The summed E-state index contributed by atoms with van der Waals surface area (Å²) in [5, 5.41) is 17.6. The number of fused-ring (bicyclic) bond motifs is 1. The van der Waals surface area contributed by atoms with E-state index in [-0.39, 0.29) is 33.1 Å². The van der Waals surface area contributed by atoms with Crippen LogP contribution in [0.3, 0.4) is 0 Å². The number of aliphatic hydroxyl groups excluding tert-OH is 1. The third kappa shape index (κ3) is 5.64. The number of nitrogens with zero attached hydrogens (tertiary/aromatic N) is 2. The predicted octanol–water partition coefficient (Wildman–Crippen LogP) is 4.84. The molecule has 0 radical (unpaired) electrons. The number of rotatable bonds is 11. The first-order valence-electron chi connectivity index (χ1n) is 15.5. The lowest BCUT2D eigenvalue weighted by atomic mass is 9.77. The monoisotopic (exact) mass is 641 g/mol. The summed E-state index contributed by atoms with van der Waals surface area (Å²) in [5.41, 5.74) is 1.51. The number of benzene rings is 3. The molecule has 240 valence electrons. The predicted molar refractivity (Wildman–Crippen MR) is 181 cm³/mol. The fourth-order valence-electron chi connectivity index (χ4n) is 6.47. The van der Waals surface area contributed by atoms with Crippen LogP contribution in [0.15, 0.2) is 94.5 Å². The Hall–Kier alpha value is -4.29. The normalized spacial score (nSPS) is 19.6. The molecule has 3 aromatic carbocycles. The molecule has 0 unspecified atom stereocenters. The van der Waals surface area contributed by atoms with Crippen molar-refractivity contribution in [2.24, 2.45) is 5.92 Å². The van der Waals surface area contributed by atoms with Gasteiger partial charge in [-0.3, -0.25) is 19.1 Å². The van der Waals surface area contributed by atoms with Gasteiger partial charge >= 0.3 is 4.87 Å². The molecule has 1 aliphatic rings. The summed E-state index contributed by atoms with van der Waals surface area (Å²) in [4.78, 5) is 34.8. The molecule has 0 spiro atoms. The van der Waals surface area contributed by atoms with Crippen molar-refractivity contribution in [1.29, 1.82) is 0 Å². The summed E-state index contributed by atoms with van der Waals surface area (Å²) in [7, 11) is 3.48. The van der Waals surface area contributed by atoms with Gasteiger partial charge < -0.3 is 25.2 Å². The van der Waals surface area contributed by atoms with Crippen molar-refractivity contribution in [2.45, 2.75) is 56.7 Å². The summed E-state index contributed by atoms with van der Waals surface area (Å²) in [6.07, 6.45) is -0.756. The van der Waals surface area contributed by atoms with E-state index in [2.05, 4.69) is 15.6 Å². The van der Waals surface area contributed by atoms with E-state index in [1.165, 1.54) is 4.57 Å². The molecular weight excluding hydrogens is 602 g/mol. The smallest absolute Gasteiger partial charge is 0.311 e. The minimum absolute atomic E-state index is 0.0284. The lowest BCUT2D eigenvalue weighted by Crippen LogP contribution is -2.39. The zero-order valence-electron chi connectivity index (χ0n) is 26.3. The van der Waals surface area contributed by atoms with E-state index in [9.17, 15) is 14.7 Å². The number of methoxy groups -OCH3 is 1. The summed E-state index contributed by atoms with van der Waals surface area (Å²) in [5.74, 6) is 0.757. The first-order valence-corrected chi connectivity index (χ1v) is 16.3. The molecule has 1 saturated heterocycles. The highest BCUT2D eigenvalue weighted by Gasteiger charge is 2.43. The summed E-state index contributed by atoms with van der Waals surface area (Å²) < 4.78 is 13.5. The Morgan fingerprint density at radius 3 is 2.22 bits per heavy atom. The van der Waals surface area contributed by atoms with E-state index in [0.29, 0.717) is 18.6 Å². The highest BCUT2D eigenvalue weighted by Crippen LogP contribution is 2.41. The van der Waals surface area contributed by atoms with Crippen LogP contribution in [0.25, 0.3) is 10.3 Å². The number of thiazole rings is 1. The van der Waals surface area contributed by atoms with Crippen LogP contribution in [-0.2, 0) is 10.3 Å². The number of aliphatic hydroxyl groups is 1. The Morgan fingerprint density at radius 1 is 1.04 bits per heavy atom. The van der Waals surface area contributed by atoms with Crippen molar-refractivity contribution in [2.75, 3.05) is 19.5 Å². The van der Waals surface area contributed by atoms with Gasteiger partial charge in [0.2, 0.25) is 5.95 Å². The van der Waals surface area contributed by atoms with Crippen LogP contribution in [0.2, 0.25) is 0 Å². The van der Waals surface area contributed by atoms with Crippen molar-refractivity contribution < 1.29 is 14.6 Å². The molecule has 5 aromatic rings. The van der Waals surface area contributed by atoms with E-state index >= 15 is 0 Å². The van der Waals surface area contributed by atoms with Gasteiger partial charge in [-0.15, -0.1) is 0 Å². The van der Waals surface area contributed by atoms with Crippen LogP contribution in [0.1, 0.15) is 49.6 Å². The highest BCUT2D eigenvalue weighted by atomic mass is 32.1. The minimum atomic E-state index is -0.997. The Kier molecular flexibility index (Phi) is 9.10. The number of aromatic nitrogens is 3. The molecule has 11 heteroatoms. The molecule has 4 N–H and O–H groups in total. The van der Waals surface area contributed by atoms with Gasteiger partial charge in [0.1, 0.15) is 22.2 Å². The van der Waals surface area contributed by atoms with Crippen molar-refractivity contribution in [3.63, 3.8) is 0 Å². The second-order valence-corrected chi connectivity index (χ2v) is 12.6. The Balaban J connectivity index is 1.55. The molecule has 10 nitrogen and oxygen atoms in total. The molecule has 3 heterocycles. The Labute approximate surface area is 271 Å². The number of anilines is 1. The lowest BCUT2D eigenvalue weighted by Gasteiger charge is -2.37. The quantitative estimate of drug-likeness (QED) is 0.151. The van der Waals surface area contributed by atoms with E-state index in [1.807, 2.05) is 106 Å². The zero-order valence-corrected chi connectivity index (χ0v) is 27.1. The maximum Gasteiger partial charge on any atom is 0.311 e. The molecule has 1 aliphatic heterocycles. The second-order valence-electron chi connectivity index (χ2n) is 11.7. The Morgan fingerprint density at radius 2 is 1.65 bits per heavy atom. The zero-order chi connectivity index (χ0) is 32.4. The lowest BCUT2D eigenvalue weighted by molar-refractivity contribution is -0.0669. The van der Waals surface area contributed by atoms with Crippen LogP contribution in [0, 0.1) is 5.92 Å². The van der Waals surface area contributed by atoms with Gasteiger partial charge in [0.25, 0.3) is 5.56 Å². The molecule has 46 heavy (non-hydrogen) atoms. The number of aromatic amines is 1. The van der Waals surface area contributed by atoms with Crippen LogP contribution >= 0.6 is 11.3 Å². The summed E-state index contributed by atoms with van der Waals surface area (Å²) in [6.45, 7) is 3.93. The van der Waals surface area contributed by atoms with Gasteiger partial charge in [-0.05, 0) is 55.6 Å². The molecule has 0 saturated carbocycles. The first-order chi connectivity index (χ1) is 22.3. The van der Waals surface area contributed by atoms with Crippen molar-refractivity contribution in [1.82, 2.24) is 19.9 Å². The number of hydrogen-bond donors (Lipinski definition) is 4. The molecule has 5 atom stereocenters. The van der Waals surface area contributed by atoms with Crippen LogP contribution in [0.4, 0.5) is 5.95 Å². The third-order valence-electron chi connectivity index (χ3n) is 9.10. The SMILES string of the molecule is CC[C@H](O)[C@@H]1C[C@@H]([C@@H](C)NC)[C@H](n2c(=O)sc3c(=O)[nH]c(NC(c4ccccc4)(c4ccccc4)c4ccc(OC)cc4)nc32)O1. The molecule has 2 aromatic heterocycles. The van der Waals surface area contributed by atoms with Crippen molar-refractivity contribution in [3.05, 3.63) is 122 Å². The van der Waals surface area contributed by atoms with Gasteiger partial charge in [0.05, 0.1) is 19.3 Å². The van der Waals surface area contributed by atoms with Crippen LogP contribution < -0.4 is 25.8 Å². The average molecular weight is 642 g/mol. The number of hydrogen-bond acceptors (Lipinski definition) is 9. The van der Waals surface area contributed by atoms with Crippen LogP contribution in [-0.4, -0.2) is 52.0 Å². The van der Waals surface area contributed by atoms with E-state index < -0.39 is 29.5 Å². The first kappa shape index (κ1) is 31.7. The number of nitrogens with one attached hydrogen (secondary N) is 3. The van der Waals surface area contributed by atoms with E-state index in [1.54, 1.807) is 7.11 Å². The van der Waals surface area contributed by atoms with Gasteiger partial charge in [0.15, 0.2) is 5.65 Å².